The number of hydrogen-bond acceptors (Lipinski definition) is 4. The van der Waals surface area contributed by atoms with Gasteiger partial charge in [-0.25, -0.2) is 4.98 Å². The van der Waals surface area contributed by atoms with Gasteiger partial charge in [0.2, 0.25) is 0 Å². The summed E-state index contributed by atoms with van der Waals surface area (Å²) in [6, 6.07) is 15.7. The van der Waals surface area contributed by atoms with E-state index in [4.69, 9.17) is 21.3 Å². The molecule has 7 heteroatoms. The van der Waals surface area contributed by atoms with E-state index >= 15 is 0 Å². The standard InChI is InChI=1S/C22H18BrClN4O/c1-13-20(23)17(12-29-18-9-5-8-16(24)19(18)14-10-11-14)25-22-26-21(27-28(13)22)15-6-3-2-4-7-15/h2-9,14H,10-12H2,1H3. The molecule has 0 radical (unpaired) electrons. The van der Waals surface area contributed by atoms with E-state index in [2.05, 4.69) is 26.0 Å². The predicted octanol–water partition coefficient (Wildman–Crippen LogP) is 5.97. The van der Waals surface area contributed by atoms with Gasteiger partial charge >= 0.3 is 0 Å². The topological polar surface area (TPSA) is 52.3 Å². The lowest BCUT2D eigenvalue weighted by Gasteiger charge is -2.13. The molecule has 0 aliphatic heterocycles. The van der Waals surface area contributed by atoms with E-state index in [1.165, 1.54) is 0 Å². The Morgan fingerprint density at radius 2 is 1.90 bits per heavy atom. The largest absolute Gasteiger partial charge is 0.487 e. The average molecular weight is 470 g/mol. The molecule has 2 aromatic carbocycles. The third-order valence-electron chi connectivity index (χ3n) is 5.11. The van der Waals surface area contributed by atoms with Gasteiger partial charge in [-0.3, -0.25) is 0 Å². The van der Waals surface area contributed by atoms with E-state index in [0.29, 0.717) is 24.1 Å². The van der Waals surface area contributed by atoms with Crippen LogP contribution in [0.3, 0.4) is 0 Å². The number of rotatable bonds is 5. The lowest BCUT2D eigenvalue weighted by atomic mass is 10.1. The van der Waals surface area contributed by atoms with Crippen LogP contribution in [0.4, 0.5) is 0 Å². The molecule has 29 heavy (non-hydrogen) atoms. The Labute approximate surface area is 181 Å². The fraction of sp³-hybridized carbons (Fsp3) is 0.227. The van der Waals surface area contributed by atoms with Gasteiger partial charge in [-0.05, 0) is 53.7 Å². The Bertz CT molecular complexity index is 1200. The van der Waals surface area contributed by atoms with Crippen LogP contribution in [0.2, 0.25) is 5.02 Å². The number of aryl methyl sites for hydroxylation is 1. The zero-order chi connectivity index (χ0) is 20.0. The van der Waals surface area contributed by atoms with Crippen LogP contribution < -0.4 is 4.74 Å². The van der Waals surface area contributed by atoms with Gasteiger partial charge in [0.25, 0.3) is 5.78 Å². The van der Waals surface area contributed by atoms with Crippen LogP contribution in [-0.4, -0.2) is 19.6 Å². The fourth-order valence-electron chi connectivity index (χ4n) is 3.44. The zero-order valence-electron chi connectivity index (χ0n) is 15.8. The van der Waals surface area contributed by atoms with E-state index < -0.39 is 0 Å². The second-order valence-corrected chi connectivity index (χ2v) is 8.39. The molecule has 2 aromatic heterocycles. The Morgan fingerprint density at radius 1 is 1.10 bits per heavy atom. The molecule has 1 aliphatic carbocycles. The maximum atomic E-state index is 6.42. The molecule has 0 spiro atoms. The molecule has 0 unspecified atom stereocenters. The summed E-state index contributed by atoms with van der Waals surface area (Å²) in [5.74, 6) is 2.54. The highest BCUT2D eigenvalue weighted by Crippen LogP contribution is 2.47. The van der Waals surface area contributed by atoms with Gasteiger partial charge in [0, 0.05) is 16.1 Å². The SMILES string of the molecule is Cc1c(Br)c(COc2cccc(Cl)c2C2CC2)nc2nc(-c3ccccc3)nn12. The van der Waals surface area contributed by atoms with Crippen molar-refractivity contribution in [3.63, 3.8) is 0 Å². The second kappa shape index (κ2) is 7.43. The first kappa shape index (κ1) is 18.6. The van der Waals surface area contributed by atoms with Gasteiger partial charge < -0.3 is 4.74 Å². The zero-order valence-corrected chi connectivity index (χ0v) is 18.1. The number of benzene rings is 2. The van der Waals surface area contributed by atoms with Crippen molar-refractivity contribution in [1.82, 2.24) is 19.6 Å². The minimum absolute atomic E-state index is 0.325. The molecule has 0 amide bonds. The van der Waals surface area contributed by atoms with Crippen LogP contribution >= 0.6 is 27.5 Å². The highest BCUT2D eigenvalue weighted by atomic mass is 79.9. The molecular formula is C22H18BrClN4O. The van der Waals surface area contributed by atoms with Crippen LogP contribution in [0, 0.1) is 6.92 Å². The van der Waals surface area contributed by atoms with E-state index in [9.17, 15) is 0 Å². The molecule has 1 saturated carbocycles. The predicted molar refractivity (Wildman–Crippen MR) is 116 cm³/mol. The number of fused-ring (bicyclic) bond motifs is 1. The van der Waals surface area contributed by atoms with Gasteiger partial charge in [-0.15, -0.1) is 5.10 Å². The van der Waals surface area contributed by atoms with Gasteiger partial charge in [0.15, 0.2) is 5.82 Å². The first-order chi connectivity index (χ1) is 14.1. The molecule has 5 nitrogen and oxygen atoms in total. The average Bonchev–Trinajstić information content (AvgIpc) is 3.48. The molecule has 2 heterocycles. The first-order valence-electron chi connectivity index (χ1n) is 9.50. The van der Waals surface area contributed by atoms with E-state index in [0.717, 1.165) is 50.6 Å². The fourth-order valence-corrected chi connectivity index (χ4v) is 4.13. The summed E-state index contributed by atoms with van der Waals surface area (Å²) in [4.78, 5) is 9.31. The minimum Gasteiger partial charge on any atom is -0.487 e. The molecular weight excluding hydrogens is 452 g/mol. The van der Waals surface area contributed by atoms with Gasteiger partial charge in [-0.2, -0.15) is 9.50 Å². The number of ether oxygens (including phenoxy) is 1. The van der Waals surface area contributed by atoms with Crippen molar-refractivity contribution in [1.29, 1.82) is 0 Å². The van der Waals surface area contributed by atoms with Crippen molar-refractivity contribution in [3.8, 4) is 17.1 Å². The van der Waals surface area contributed by atoms with Gasteiger partial charge in [-0.1, -0.05) is 48.0 Å². The Kier molecular flexibility index (Phi) is 4.76. The number of halogens is 2. The summed E-state index contributed by atoms with van der Waals surface area (Å²) < 4.78 is 8.77. The van der Waals surface area contributed by atoms with Gasteiger partial charge in [0.05, 0.1) is 15.9 Å². The lowest BCUT2D eigenvalue weighted by molar-refractivity contribution is 0.297. The summed E-state index contributed by atoms with van der Waals surface area (Å²) in [5, 5.41) is 5.39. The van der Waals surface area contributed by atoms with E-state index in [1.807, 2.05) is 55.5 Å². The summed E-state index contributed by atoms with van der Waals surface area (Å²) in [5.41, 5.74) is 3.77. The Balaban J connectivity index is 1.48. The second-order valence-electron chi connectivity index (χ2n) is 7.19. The highest BCUT2D eigenvalue weighted by Gasteiger charge is 2.29. The quantitative estimate of drug-likeness (QED) is 0.361. The summed E-state index contributed by atoms with van der Waals surface area (Å²) in [6.07, 6.45) is 2.32. The number of aromatic nitrogens is 4. The van der Waals surface area contributed by atoms with Crippen LogP contribution in [0.5, 0.6) is 5.75 Å². The smallest absolute Gasteiger partial charge is 0.253 e. The molecule has 1 fully saturated rings. The molecule has 1 aliphatic rings. The minimum atomic E-state index is 0.325. The van der Waals surface area contributed by atoms with Crippen LogP contribution in [-0.2, 0) is 6.61 Å². The molecule has 0 N–H and O–H groups in total. The highest BCUT2D eigenvalue weighted by molar-refractivity contribution is 9.10. The monoisotopic (exact) mass is 468 g/mol. The molecule has 146 valence electrons. The van der Waals surface area contributed by atoms with E-state index in [1.54, 1.807) is 4.52 Å². The van der Waals surface area contributed by atoms with Crippen LogP contribution in [0.15, 0.2) is 53.0 Å². The van der Waals surface area contributed by atoms with Crippen molar-refractivity contribution in [3.05, 3.63) is 75.0 Å². The van der Waals surface area contributed by atoms with Crippen molar-refractivity contribution in [2.24, 2.45) is 0 Å². The van der Waals surface area contributed by atoms with Crippen molar-refractivity contribution in [2.45, 2.75) is 32.3 Å². The lowest BCUT2D eigenvalue weighted by Crippen LogP contribution is -2.07. The molecule has 4 aromatic rings. The normalized spacial score (nSPS) is 13.8. The molecule has 0 bridgehead atoms. The molecule has 5 rings (SSSR count). The molecule has 0 saturated heterocycles. The van der Waals surface area contributed by atoms with Crippen molar-refractivity contribution >= 4 is 33.3 Å². The Hall–Kier alpha value is -2.44. The summed E-state index contributed by atoms with van der Waals surface area (Å²) >= 11 is 10.1. The van der Waals surface area contributed by atoms with Crippen molar-refractivity contribution in [2.75, 3.05) is 0 Å². The number of nitrogens with zero attached hydrogens (tertiary/aromatic N) is 4. The summed E-state index contributed by atoms with van der Waals surface area (Å²) in [6.45, 7) is 2.31. The van der Waals surface area contributed by atoms with Crippen LogP contribution in [0.1, 0.15) is 35.7 Å². The third kappa shape index (κ3) is 3.51. The van der Waals surface area contributed by atoms with Crippen molar-refractivity contribution < 1.29 is 4.74 Å². The first-order valence-corrected chi connectivity index (χ1v) is 10.7. The maximum Gasteiger partial charge on any atom is 0.253 e. The Morgan fingerprint density at radius 3 is 2.66 bits per heavy atom. The third-order valence-corrected chi connectivity index (χ3v) is 6.47. The molecule has 0 atom stereocenters. The van der Waals surface area contributed by atoms with Gasteiger partial charge in [0.1, 0.15) is 12.4 Å². The number of hydrogen-bond donors (Lipinski definition) is 0. The maximum absolute atomic E-state index is 6.42. The van der Waals surface area contributed by atoms with E-state index in [-0.39, 0.29) is 0 Å². The summed E-state index contributed by atoms with van der Waals surface area (Å²) in [7, 11) is 0. The van der Waals surface area contributed by atoms with Crippen LogP contribution in [0.25, 0.3) is 17.2 Å².